The van der Waals surface area contributed by atoms with Crippen LogP contribution in [0.1, 0.15) is 45.3 Å². The average molecular weight is 575 g/mol. The van der Waals surface area contributed by atoms with Gasteiger partial charge in [-0.15, -0.1) is 0 Å². The Morgan fingerprint density at radius 1 is 1.05 bits per heavy atom. The molecule has 0 bridgehead atoms. The second-order valence-electron chi connectivity index (χ2n) is 9.81. The number of hydrogen-bond donors (Lipinski definition) is 2. The van der Waals surface area contributed by atoms with Crippen LogP contribution in [0.3, 0.4) is 0 Å². The number of aryl methyl sites for hydroxylation is 1. The van der Waals surface area contributed by atoms with E-state index in [0.717, 1.165) is 0 Å². The van der Waals surface area contributed by atoms with Crippen molar-refractivity contribution in [3.8, 4) is 28.2 Å². The number of carbonyl (C=O) groups excluding carboxylic acids is 2. The average Bonchev–Trinajstić information content (AvgIpc) is 3.44. The minimum absolute atomic E-state index is 0.268. The number of benzene rings is 3. The molecule has 0 saturated heterocycles. The van der Waals surface area contributed by atoms with Gasteiger partial charge in [-0.25, -0.2) is 4.39 Å². The monoisotopic (exact) mass is 574 g/mol. The van der Waals surface area contributed by atoms with Crippen molar-refractivity contribution in [1.82, 2.24) is 20.8 Å². The molecule has 9 nitrogen and oxygen atoms in total. The molecule has 2 amide bonds. The van der Waals surface area contributed by atoms with Crippen LogP contribution in [-0.2, 0) is 5.54 Å². The number of fused-ring (bicyclic) bond motifs is 1. The van der Waals surface area contributed by atoms with Gasteiger partial charge in [0.15, 0.2) is 5.82 Å². The van der Waals surface area contributed by atoms with E-state index in [0.29, 0.717) is 74.3 Å². The second kappa shape index (κ2) is 10.0. The molecule has 208 valence electrons. The van der Waals surface area contributed by atoms with E-state index in [4.69, 9.17) is 25.3 Å². The second-order valence-corrected chi connectivity index (χ2v) is 10.2. The molecule has 3 aromatic carbocycles. The maximum absolute atomic E-state index is 13.6. The van der Waals surface area contributed by atoms with Crippen LogP contribution >= 0.6 is 11.6 Å². The largest absolute Gasteiger partial charge is 0.496 e. The van der Waals surface area contributed by atoms with Crippen LogP contribution in [0.25, 0.3) is 33.4 Å². The molecule has 1 aliphatic rings. The third kappa shape index (κ3) is 4.70. The summed E-state index contributed by atoms with van der Waals surface area (Å²) in [5.41, 5.74) is 2.07. The van der Waals surface area contributed by atoms with Gasteiger partial charge in [-0.1, -0.05) is 22.8 Å². The first-order chi connectivity index (χ1) is 19.7. The molecule has 0 spiro atoms. The van der Waals surface area contributed by atoms with Gasteiger partial charge in [-0.2, -0.15) is 4.98 Å². The Morgan fingerprint density at radius 2 is 1.78 bits per heavy atom. The normalized spacial score (nSPS) is 13.7. The fourth-order valence-corrected chi connectivity index (χ4v) is 5.11. The number of furan rings is 1. The quantitative estimate of drug-likeness (QED) is 0.243. The SMILES string of the molecule is CNC(=O)c1c(-c2ccc(F)cc2)oc2ccc(-c3cc(C(=O)NC4(c5noc(C)n5)CC4)c(OC)cc3Cl)cc12. The van der Waals surface area contributed by atoms with E-state index in [1.165, 1.54) is 26.3 Å². The number of methoxy groups -OCH3 is 1. The number of nitrogens with zero attached hydrogens (tertiary/aromatic N) is 2. The van der Waals surface area contributed by atoms with Crippen molar-refractivity contribution in [3.63, 3.8) is 0 Å². The van der Waals surface area contributed by atoms with Crippen molar-refractivity contribution in [2.45, 2.75) is 25.3 Å². The Kier molecular flexibility index (Phi) is 6.50. The predicted octanol–water partition coefficient (Wildman–Crippen LogP) is 6.04. The van der Waals surface area contributed by atoms with E-state index in [9.17, 15) is 14.0 Å². The summed E-state index contributed by atoms with van der Waals surface area (Å²) in [7, 11) is 2.98. The van der Waals surface area contributed by atoms with E-state index in [1.54, 1.807) is 49.4 Å². The lowest BCUT2D eigenvalue weighted by Crippen LogP contribution is -2.36. The van der Waals surface area contributed by atoms with E-state index in [2.05, 4.69) is 20.8 Å². The molecule has 41 heavy (non-hydrogen) atoms. The predicted molar refractivity (Wildman–Crippen MR) is 149 cm³/mol. The summed E-state index contributed by atoms with van der Waals surface area (Å²) in [6, 6.07) is 14.2. The van der Waals surface area contributed by atoms with E-state index < -0.39 is 11.4 Å². The van der Waals surface area contributed by atoms with Crippen LogP contribution in [0.5, 0.6) is 5.75 Å². The molecule has 1 fully saturated rings. The van der Waals surface area contributed by atoms with Gasteiger partial charge < -0.3 is 24.3 Å². The lowest BCUT2D eigenvalue weighted by molar-refractivity contribution is 0.0923. The number of ether oxygens (including phenoxy) is 1. The molecule has 0 atom stereocenters. The molecule has 2 heterocycles. The highest BCUT2D eigenvalue weighted by Crippen LogP contribution is 2.45. The number of halogens is 2. The highest BCUT2D eigenvalue weighted by molar-refractivity contribution is 6.34. The van der Waals surface area contributed by atoms with Crippen LogP contribution in [0, 0.1) is 12.7 Å². The molecular formula is C30H24ClFN4O5. The fraction of sp³-hybridized carbons (Fsp3) is 0.200. The van der Waals surface area contributed by atoms with Crippen molar-refractivity contribution in [2.24, 2.45) is 0 Å². The first-order valence-corrected chi connectivity index (χ1v) is 13.2. The van der Waals surface area contributed by atoms with Crippen molar-refractivity contribution in [3.05, 3.63) is 88.3 Å². The topological polar surface area (TPSA) is 119 Å². The zero-order chi connectivity index (χ0) is 28.9. The van der Waals surface area contributed by atoms with Gasteiger partial charge >= 0.3 is 0 Å². The van der Waals surface area contributed by atoms with Crippen LogP contribution in [-0.4, -0.2) is 36.1 Å². The fourth-order valence-electron chi connectivity index (χ4n) is 4.85. The van der Waals surface area contributed by atoms with E-state index in [-0.39, 0.29) is 17.4 Å². The van der Waals surface area contributed by atoms with Gasteiger partial charge in [0.2, 0.25) is 5.89 Å². The highest BCUT2D eigenvalue weighted by atomic mass is 35.5. The maximum Gasteiger partial charge on any atom is 0.255 e. The molecule has 6 rings (SSSR count). The first kappa shape index (κ1) is 26.5. The van der Waals surface area contributed by atoms with E-state index in [1.807, 2.05) is 0 Å². The minimum atomic E-state index is -0.700. The number of aromatic nitrogens is 2. The third-order valence-electron chi connectivity index (χ3n) is 7.15. The molecule has 0 unspecified atom stereocenters. The van der Waals surface area contributed by atoms with Crippen LogP contribution < -0.4 is 15.4 Å². The maximum atomic E-state index is 13.6. The van der Waals surface area contributed by atoms with E-state index >= 15 is 0 Å². The molecule has 1 saturated carbocycles. The van der Waals surface area contributed by atoms with Gasteiger partial charge in [0.05, 0.1) is 23.3 Å². The van der Waals surface area contributed by atoms with Gasteiger partial charge in [-0.3, -0.25) is 9.59 Å². The summed E-state index contributed by atoms with van der Waals surface area (Å²) in [5.74, 6) is 0.305. The van der Waals surface area contributed by atoms with Crippen LogP contribution in [0.4, 0.5) is 4.39 Å². The van der Waals surface area contributed by atoms with Crippen LogP contribution in [0.15, 0.2) is 63.5 Å². The van der Waals surface area contributed by atoms with Crippen LogP contribution in [0.2, 0.25) is 5.02 Å². The van der Waals surface area contributed by atoms with Gasteiger partial charge in [0.1, 0.15) is 28.4 Å². The first-order valence-electron chi connectivity index (χ1n) is 12.8. The molecule has 0 radical (unpaired) electrons. The summed E-state index contributed by atoms with van der Waals surface area (Å²) in [5, 5.41) is 10.5. The number of amides is 2. The summed E-state index contributed by atoms with van der Waals surface area (Å²) in [4.78, 5) is 30.8. The zero-order valence-corrected chi connectivity index (χ0v) is 23.1. The van der Waals surface area contributed by atoms with Crippen molar-refractivity contribution in [1.29, 1.82) is 0 Å². The van der Waals surface area contributed by atoms with Crippen molar-refractivity contribution < 1.29 is 27.7 Å². The van der Waals surface area contributed by atoms with Gasteiger partial charge in [-0.05, 0) is 60.9 Å². The Hall–Kier alpha value is -4.70. The highest BCUT2D eigenvalue weighted by Gasteiger charge is 2.50. The molecule has 11 heteroatoms. The summed E-state index contributed by atoms with van der Waals surface area (Å²) in [6.45, 7) is 1.69. The van der Waals surface area contributed by atoms with Crippen molar-refractivity contribution in [2.75, 3.05) is 14.2 Å². The van der Waals surface area contributed by atoms with Gasteiger partial charge in [0, 0.05) is 36.6 Å². The number of carbonyl (C=O) groups is 2. The molecule has 2 N–H and O–H groups in total. The summed E-state index contributed by atoms with van der Waals surface area (Å²) in [6.07, 6.45) is 1.35. The molecular weight excluding hydrogens is 551 g/mol. The Balaban J connectivity index is 1.43. The Morgan fingerprint density at radius 3 is 2.41 bits per heavy atom. The Labute approximate surface area is 238 Å². The third-order valence-corrected chi connectivity index (χ3v) is 7.46. The lowest BCUT2D eigenvalue weighted by atomic mass is 9.98. The number of rotatable bonds is 7. The molecule has 2 aromatic heterocycles. The van der Waals surface area contributed by atoms with Gasteiger partial charge in [0.25, 0.3) is 11.8 Å². The van der Waals surface area contributed by atoms with Crippen molar-refractivity contribution >= 4 is 34.4 Å². The molecule has 5 aromatic rings. The Bertz CT molecular complexity index is 1820. The minimum Gasteiger partial charge on any atom is -0.496 e. The number of nitrogens with one attached hydrogen (secondary N) is 2. The summed E-state index contributed by atoms with van der Waals surface area (Å²) < 4.78 is 30.2. The molecule has 0 aliphatic heterocycles. The smallest absolute Gasteiger partial charge is 0.255 e. The summed E-state index contributed by atoms with van der Waals surface area (Å²) >= 11 is 6.68. The number of hydrogen-bond acceptors (Lipinski definition) is 7. The zero-order valence-electron chi connectivity index (χ0n) is 22.3. The standard InChI is InChI=1S/C30H24ClFN4O5/c1-15-34-29(36-41-15)30(10-11-30)35-27(37)21-13-19(22(31)14-24(21)39-3)17-6-9-23-20(12-17)25(28(38)33-2)26(40-23)16-4-7-18(32)8-5-16/h4-9,12-14H,10-11H2,1-3H3,(H,33,38)(H,35,37). The molecule has 1 aliphatic carbocycles. The lowest BCUT2D eigenvalue weighted by Gasteiger charge is -2.17.